The molecule has 0 saturated carbocycles. The summed E-state index contributed by atoms with van der Waals surface area (Å²) in [6, 6.07) is 2.51. The van der Waals surface area contributed by atoms with Gasteiger partial charge in [0, 0.05) is 6.54 Å². The smallest absolute Gasteiger partial charge is 0.323 e. The van der Waals surface area contributed by atoms with Crippen LogP contribution in [0.1, 0.15) is 9.67 Å². The van der Waals surface area contributed by atoms with Crippen molar-refractivity contribution in [3.8, 4) is 0 Å². The highest BCUT2D eigenvalue weighted by Crippen LogP contribution is 2.08. The van der Waals surface area contributed by atoms with Crippen LogP contribution in [-0.4, -0.2) is 60.1 Å². The number of carbonyl (C=O) groups excluding carboxylic acids is 2. The van der Waals surface area contributed by atoms with Gasteiger partial charge >= 0.3 is 5.97 Å². The zero-order valence-electron chi connectivity index (χ0n) is 11.1. The van der Waals surface area contributed by atoms with Gasteiger partial charge in [-0.25, -0.2) is 0 Å². The summed E-state index contributed by atoms with van der Waals surface area (Å²) in [5, 5.41) is 10.8. The van der Waals surface area contributed by atoms with Crippen molar-refractivity contribution in [1.29, 1.82) is 0 Å². The molecule has 2 amide bonds. The minimum Gasteiger partial charge on any atom is -0.480 e. The Kier molecular flexibility index (Phi) is 5.26. The summed E-state index contributed by atoms with van der Waals surface area (Å²) < 4.78 is 5.08. The third kappa shape index (κ3) is 4.25. The molecule has 1 atom stereocenters. The van der Waals surface area contributed by atoms with Gasteiger partial charge in [-0.15, -0.1) is 11.3 Å². The molecule has 0 spiro atoms. The predicted molar refractivity (Wildman–Crippen MR) is 73.7 cm³/mol. The molecule has 114 valence electrons. The van der Waals surface area contributed by atoms with Gasteiger partial charge in [-0.05, 0) is 11.4 Å². The first-order chi connectivity index (χ1) is 10.1. The van der Waals surface area contributed by atoms with E-state index in [2.05, 4.69) is 10.9 Å². The third-order valence-corrected chi connectivity index (χ3v) is 3.80. The molecule has 1 aliphatic rings. The van der Waals surface area contributed by atoms with Gasteiger partial charge in [-0.1, -0.05) is 6.07 Å². The number of thiophene rings is 1. The Hall–Kier alpha value is -1.97. The second-order valence-corrected chi connectivity index (χ2v) is 5.33. The van der Waals surface area contributed by atoms with Crippen LogP contribution in [0.15, 0.2) is 17.5 Å². The lowest BCUT2D eigenvalue weighted by Crippen LogP contribution is -2.54. The molecule has 2 heterocycles. The van der Waals surface area contributed by atoms with Crippen LogP contribution in [0.5, 0.6) is 0 Å². The van der Waals surface area contributed by atoms with Crippen LogP contribution in [0.3, 0.4) is 0 Å². The van der Waals surface area contributed by atoms with Crippen molar-refractivity contribution in [2.75, 3.05) is 26.3 Å². The first-order valence-corrected chi connectivity index (χ1v) is 7.13. The van der Waals surface area contributed by atoms with E-state index < -0.39 is 23.8 Å². The maximum atomic E-state index is 11.8. The normalized spacial score (nSPS) is 19.0. The molecule has 0 bridgehead atoms. The largest absolute Gasteiger partial charge is 0.480 e. The SMILES string of the molecule is O=C(CN1CCOCC1C(=O)O)NNC(=O)c1cccs1. The molecule has 1 unspecified atom stereocenters. The van der Waals surface area contributed by atoms with Crippen LogP contribution in [0.2, 0.25) is 0 Å². The molecule has 21 heavy (non-hydrogen) atoms. The Balaban J connectivity index is 1.81. The molecule has 0 radical (unpaired) electrons. The number of hydrazine groups is 1. The summed E-state index contributed by atoms with van der Waals surface area (Å²) in [5.74, 6) is -1.92. The van der Waals surface area contributed by atoms with E-state index in [0.29, 0.717) is 18.0 Å². The Labute approximate surface area is 124 Å². The van der Waals surface area contributed by atoms with Crippen molar-refractivity contribution in [3.63, 3.8) is 0 Å². The first-order valence-electron chi connectivity index (χ1n) is 6.25. The zero-order valence-corrected chi connectivity index (χ0v) is 11.9. The van der Waals surface area contributed by atoms with Gasteiger partial charge in [-0.3, -0.25) is 30.1 Å². The summed E-state index contributed by atoms with van der Waals surface area (Å²) in [7, 11) is 0. The Bertz CT molecular complexity index is 519. The topological polar surface area (TPSA) is 108 Å². The van der Waals surface area contributed by atoms with Crippen LogP contribution >= 0.6 is 11.3 Å². The average Bonchev–Trinajstić information content (AvgIpc) is 2.99. The van der Waals surface area contributed by atoms with Gasteiger partial charge in [-0.2, -0.15) is 0 Å². The van der Waals surface area contributed by atoms with E-state index in [-0.39, 0.29) is 13.2 Å². The number of carboxylic acids is 1. The van der Waals surface area contributed by atoms with Gasteiger partial charge in [0.25, 0.3) is 11.8 Å². The Morgan fingerprint density at radius 3 is 2.90 bits per heavy atom. The number of nitrogens with one attached hydrogen (secondary N) is 2. The number of rotatable bonds is 4. The number of carboxylic acid groups (broad SMARTS) is 1. The van der Waals surface area contributed by atoms with Gasteiger partial charge in [0.15, 0.2) is 0 Å². The maximum Gasteiger partial charge on any atom is 0.323 e. The molecule has 1 saturated heterocycles. The van der Waals surface area contributed by atoms with Crippen molar-refractivity contribution < 1.29 is 24.2 Å². The van der Waals surface area contributed by atoms with E-state index in [4.69, 9.17) is 9.84 Å². The number of ether oxygens (including phenoxy) is 1. The van der Waals surface area contributed by atoms with Crippen molar-refractivity contribution in [2.24, 2.45) is 0 Å². The lowest BCUT2D eigenvalue weighted by atomic mass is 10.2. The Morgan fingerprint density at radius 1 is 1.43 bits per heavy atom. The summed E-state index contributed by atoms with van der Waals surface area (Å²) >= 11 is 1.25. The Morgan fingerprint density at radius 2 is 2.24 bits per heavy atom. The van der Waals surface area contributed by atoms with Crippen molar-refractivity contribution >= 4 is 29.1 Å². The number of morpholine rings is 1. The molecular formula is C12H15N3O5S. The van der Waals surface area contributed by atoms with Gasteiger partial charge in [0.2, 0.25) is 0 Å². The number of amides is 2. The highest BCUT2D eigenvalue weighted by Gasteiger charge is 2.30. The van der Waals surface area contributed by atoms with Gasteiger partial charge < -0.3 is 9.84 Å². The number of hydrogen-bond acceptors (Lipinski definition) is 6. The number of carbonyl (C=O) groups is 3. The van der Waals surface area contributed by atoms with E-state index in [1.54, 1.807) is 17.5 Å². The highest BCUT2D eigenvalue weighted by atomic mass is 32.1. The monoisotopic (exact) mass is 313 g/mol. The molecule has 3 N–H and O–H groups in total. The fourth-order valence-electron chi connectivity index (χ4n) is 1.87. The molecule has 2 rings (SSSR count). The van der Waals surface area contributed by atoms with Crippen LogP contribution in [0, 0.1) is 0 Å². The van der Waals surface area contributed by atoms with Crippen molar-refractivity contribution in [3.05, 3.63) is 22.4 Å². The van der Waals surface area contributed by atoms with Crippen LogP contribution in [0.4, 0.5) is 0 Å². The third-order valence-electron chi connectivity index (χ3n) is 2.93. The fraction of sp³-hybridized carbons (Fsp3) is 0.417. The molecule has 8 nitrogen and oxygen atoms in total. The zero-order chi connectivity index (χ0) is 15.2. The van der Waals surface area contributed by atoms with Crippen LogP contribution in [-0.2, 0) is 14.3 Å². The predicted octanol–water partition coefficient (Wildman–Crippen LogP) is -0.705. The number of hydrogen-bond donors (Lipinski definition) is 3. The molecule has 1 aromatic heterocycles. The van der Waals surface area contributed by atoms with Crippen LogP contribution < -0.4 is 10.9 Å². The molecule has 1 aliphatic heterocycles. The van der Waals surface area contributed by atoms with Gasteiger partial charge in [0.05, 0.1) is 24.6 Å². The quantitative estimate of drug-likeness (QED) is 0.634. The van der Waals surface area contributed by atoms with E-state index in [1.807, 2.05) is 0 Å². The van der Waals surface area contributed by atoms with E-state index in [0.717, 1.165) is 0 Å². The molecule has 0 aliphatic carbocycles. The lowest BCUT2D eigenvalue weighted by molar-refractivity contribution is -0.150. The fourth-order valence-corrected chi connectivity index (χ4v) is 2.49. The second-order valence-electron chi connectivity index (χ2n) is 4.38. The maximum absolute atomic E-state index is 11.8. The first kappa shape index (κ1) is 15.4. The summed E-state index contributed by atoms with van der Waals surface area (Å²) in [6.45, 7) is 0.650. The van der Waals surface area contributed by atoms with Crippen molar-refractivity contribution in [2.45, 2.75) is 6.04 Å². The van der Waals surface area contributed by atoms with Gasteiger partial charge in [0.1, 0.15) is 6.04 Å². The number of nitrogens with zero attached hydrogens (tertiary/aromatic N) is 1. The summed E-state index contributed by atoms with van der Waals surface area (Å²) in [5.41, 5.74) is 4.56. The second kappa shape index (κ2) is 7.16. The minimum atomic E-state index is -1.04. The molecule has 0 aromatic carbocycles. The average molecular weight is 313 g/mol. The van der Waals surface area contributed by atoms with E-state index >= 15 is 0 Å². The lowest BCUT2D eigenvalue weighted by Gasteiger charge is -2.31. The van der Waals surface area contributed by atoms with E-state index in [1.165, 1.54) is 16.2 Å². The minimum absolute atomic E-state index is 0.0458. The van der Waals surface area contributed by atoms with E-state index in [9.17, 15) is 14.4 Å². The molecule has 1 fully saturated rings. The van der Waals surface area contributed by atoms with Crippen molar-refractivity contribution in [1.82, 2.24) is 15.8 Å². The standard InChI is InChI=1S/C12H15N3O5S/c16-10(13-14-11(17)9-2-1-5-21-9)6-15-3-4-20-7-8(15)12(18)19/h1-2,5,8H,3-4,6-7H2,(H,13,16)(H,14,17)(H,18,19). The summed E-state index contributed by atoms with van der Waals surface area (Å²) in [4.78, 5) is 36.4. The molecular weight excluding hydrogens is 298 g/mol. The number of aliphatic carboxylic acids is 1. The molecule has 1 aromatic rings. The highest BCUT2D eigenvalue weighted by molar-refractivity contribution is 7.12. The molecule has 9 heteroatoms. The van der Waals surface area contributed by atoms with Crippen LogP contribution in [0.25, 0.3) is 0 Å². The summed E-state index contributed by atoms with van der Waals surface area (Å²) in [6.07, 6.45) is 0.